The van der Waals surface area contributed by atoms with Crippen molar-refractivity contribution in [3.05, 3.63) is 0 Å². The van der Waals surface area contributed by atoms with Crippen molar-refractivity contribution in [1.82, 2.24) is 4.90 Å². The maximum atomic E-state index is 10.7. The molecule has 0 unspecified atom stereocenters. The van der Waals surface area contributed by atoms with Gasteiger partial charge in [0, 0.05) is 25.4 Å². The standard InChI is InChI=1S/C7H13NO2/c1-6(10)8-3-7(2,4-8)5-9/h9H,3-5H2,1-2H3. The molecule has 0 atom stereocenters. The highest BCUT2D eigenvalue weighted by molar-refractivity contribution is 5.74. The number of carbonyl (C=O) groups is 1. The van der Waals surface area contributed by atoms with Gasteiger partial charge in [0.1, 0.15) is 0 Å². The lowest BCUT2D eigenvalue weighted by molar-refractivity contribution is -0.142. The molecular weight excluding hydrogens is 130 g/mol. The fourth-order valence-corrected chi connectivity index (χ4v) is 1.20. The summed E-state index contributed by atoms with van der Waals surface area (Å²) in [6.45, 7) is 5.12. The van der Waals surface area contributed by atoms with E-state index in [1.165, 1.54) is 0 Å². The topological polar surface area (TPSA) is 40.5 Å². The minimum atomic E-state index is -0.0222. The molecule has 0 aromatic heterocycles. The fraction of sp³-hybridized carbons (Fsp3) is 0.857. The predicted octanol–water partition coefficient (Wildman–Crippen LogP) is -0.153. The van der Waals surface area contributed by atoms with E-state index in [9.17, 15) is 4.79 Å². The van der Waals surface area contributed by atoms with Crippen molar-refractivity contribution >= 4 is 5.91 Å². The summed E-state index contributed by atoms with van der Waals surface area (Å²) in [5.74, 6) is 0.103. The van der Waals surface area contributed by atoms with E-state index in [1.807, 2.05) is 6.92 Å². The molecule has 1 N–H and O–H groups in total. The summed E-state index contributed by atoms with van der Waals surface area (Å²) in [6.07, 6.45) is 0. The minimum Gasteiger partial charge on any atom is -0.396 e. The number of hydrogen-bond acceptors (Lipinski definition) is 2. The number of rotatable bonds is 1. The summed E-state index contributed by atoms with van der Waals surface area (Å²) in [7, 11) is 0. The van der Waals surface area contributed by atoms with Crippen molar-refractivity contribution < 1.29 is 9.90 Å². The molecule has 3 heteroatoms. The van der Waals surface area contributed by atoms with Crippen LogP contribution in [0.3, 0.4) is 0 Å². The first-order valence-electron chi connectivity index (χ1n) is 3.44. The second-order valence-corrected chi connectivity index (χ2v) is 3.34. The Morgan fingerprint density at radius 1 is 1.70 bits per heavy atom. The molecule has 0 aromatic rings. The molecule has 1 heterocycles. The Balaban J connectivity index is 2.36. The third-order valence-corrected chi connectivity index (χ3v) is 1.97. The fourth-order valence-electron chi connectivity index (χ4n) is 1.20. The molecule has 58 valence electrons. The molecule has 3 nitrogen and oxygen atoms in total. The molecule has 1 amide bonds. The quantitative estimate of drug-likeness (QED) is 0.554. The summed E-state index contributed by atoms with van der Waals surface area (Å²) >= 11 is 0. The van der Waals surface area contributed by atoms with Crippen LogP contribution in [-0.2, 0) is 4.79 Å². The first kappa shape index (κ1) is 7.54. The van der Waals surface area contributed by atoms with E-state index in [1.54, 1.807) is 11.8 Å². The van der Waals surface area contributed by atoms with Crippen molar-refractivity contribution in [2.45, 2.75) is 13.8 Å². The summed E-state index contributed by atoms with van der Waals surface area (Å²) in [4.78, 5) is 12.4. The highest BCUT2D eigenvalue weighted by Crippen LogP contribution is 2.28. The van der Waals surface area contributed by atoms with E-state index in [0.29, 0.717) is 13.1 Å². The molecule has 1 fully saturated rings. The third-order valence-electron chi connectivity index (χ3n) is 1.97. The normalized spacial score (nSPS) is 22.1. The molecule has 0 aliphatic carbocycles. The predicted molar refractivity (Wildman–Crippen MR) is 37.4 cm³/mol. The second kappa shape index (κ2) is 2.23. The number of aliphatic hydroxyl groups is 1. The first-order valence-corrected chi connectivity index (χ1v) is 3.44. The van der Waals surface area contributed by atoms with E-state index in [2.05, 4.69) is 0 Å². The monoisotopic (exact) mass is 143 g/mol. The van der Waals surface area contributed by atoms with Crippen molar-refractivity contribution in [2.75, 3.05) is 19.7 Å². The zero-order chi connectivity index (χ0) is 7.78. The molecule has 0 radical (unpaired) electrons. The van der Waals surface area contributed by atoms with Crippen LogP contribution in [0, 0.1) is 5.41 Å². The molecule has 1 aliphatic rings. The Hall–Kier alpha value is -0.570. The Labute approximate surface area is 60.6 Å². The van der Waals surface area contributed by atoms with Crippen LogP contribution in [0.5, 0.6) is 0 Å². The number of carbonyl (C=O) groups excluding carboxylic acids is 1. The summed E-state index contributed by atoms with van der Waals surface area (Å²) in [5.41, 5.74) is -0.0222. The van der Waals surface area contributed by atoms with Gasteiger partial charge in [-0.05, 0) is 0 Å². The molecule has 1 aliphatic heterocycles. The van der Waals surface area contributed by atoms with E-state index in [0.717, 1.165) is 0 Å². The van der Waals surface area contributed by atoms with E-state index >= 15 is 0 Å². The van der Waals surface area contributed by atoms with Gasteiger partial charge in [-0.1, -0.05) is 6.92 Å². The van der Waals surface area contributed by atoms with Gasteiger partial charge in [-0.2, -0.15) is 0 Å². The smallest absolute Gasteiger partial charge is 0.219 e. The summed E-state index contributed by atoms with van der Waals surface area (Å²) in [6, 6.07) is 0. The maximum Gasteiger partial charge on any atom is 0.219 e. The lowest BCUT2D eigenvalue weighted by atomic mass is 9.83. The molecule has 0 saturated carbocycles. The average molecular weight is 143 g/mol. The third kappa shape index (κ3) is 1.14. The molecule has 10 heavy (non-hydrogen) atoms. The molecule has 0 bridgehead atoms. The van der Waals surface area contributed by atoms with Crippen molar-refractivity contribution in [3.8, 4) is 0 Å². The van der Waals surface area contributed by atoms with Gasteiger partial charge in [-0.15, -0.1) is 0 Å². The van der Waals surface area contributed by atoms with Gasteiger partial charge in [0.25, 0.3) is 0 Å². The van der Waals surface area contributed by atoms with E-state index in [-0.39, 0.29) is 17.9 Å². The van der Waals surface area contributed by atoms with E-state index < -0.39 is 0 Å². The number of likely N-dealkylation sites (tertiary alicyclic amines) is 1. The van der Waals surface area contributed by atoms with Crippen LogP contribution in [-0.4, -0.2) is 35.6 Å². The van der Waals surface area contributed by atoms with Crippen molar-refractivity contribution in [3.63, 3.8) is 0 Å². The molecule has 0 aromatic carbocycles. The summed E-state index contributed by atoms with van der Waals surface area (Å²) in [5, 5.41) is 8.81. The Kier molecular flexibility index (Phi) is 1.68. The zero-order valence-corrected chi connectivity index (χ0v) is 6.42. The Morgan fingerprint density at radius 2 is 2.20 bits per heavy atom. The van der Waals surface area contributed by atoms with Crippen LogP contribution in [0.25, 0.3) is 0 Å². The molecule has 1 saturated heterocycles. The molecular formula is C7H13NO2. The zero-order valence-electron chi connectivity index (χ0n) is 6.42. The molecule has 0 spiro atoms. The average Bonchev–Trinajstić information content (AvgIpc) is 1.80. The maximum absolute atomic E-state index is 10.7. The van der Waals surface area contributed by atoms with Gasteiger partial charge in [-0.3, -0.25) is 4.79 Å². The van der Waals surface area contributed by atoms with Crippen LogP contribution in [0.2, 0.25) is 0 Å². The van der Waals surface area contributed by atoms with Crippen LogP contribution in [0.4, 0.5) is 0 Å². The Morgan fingerprint density at radius 3 is 2.50 bits per heavy atom. The van der Waals surface area contributed by atoms with Crippen LogP contribution >= 0.6 is 0 Å². The summed E-state index contributed by atoms with van der Waals surface area (Å²) < 4.78 is 0. The highest BCUT2D eigenvalue weighted by Gasteiger charge is 2.39. The van der Waals surface area contributed by atoms with Crippen LogP contribution in [0.1, 0.15) is 13.8 Å². The van der Waals surface area contributed by atoms with Gasteiger partial charge in [0.2, 0.25) is 5.91 Å². The van der Waals surface area contributed by atoms with Gasteiger partial charge >= 0.3 is 0 Å². The van der Waals surface area contributed by atoms with Gasteiger partial charge in [0.15, 0.2) is 0 Å². The highest BCUT2D eigenvalue weighted by atomic mass is 16.3. The van der Waals surface area contributed by atoms with Crippen molar-refractivity contribution in [1.29, 1.82) is 0 Å². The molecule has 1 rings (SSSR count). The van der Waals surface area contributed by atoms with Gasteiger partial charge in [0.05, 0.1) is 6.61 Å². The lowest BCUT2D eigenvalue weighted by Crippen LogP contribution is -2.58. The number of amides is 1. The number of hydrogen-bond donors (Lipinski definition) is 1. The second-order valence-electron chi connectivity index (χ2n) is 3.34. The van der Waals surface area contributed by atoms with Crippen LogP contribution in [0.15, 0.2) is 0 Å². The first-order chi connectivity index (χ1) is 4.57. The lowest BCUT2D eigenvalue weighted by Gasteiger charge is -2.46. The van der Waals surface area contributed by atoms with Crippen molar-refractivity contribution in [2.24, 2.45) is 5.41 Å². The number of aliphatic hydroxyl groups excluding tert-OH is 1. The minimum absolute atomic E-state index is 0.0222. The van der Waals surface area contributed by atoms with Gasteiger partial charge in [-0.25, -0.2) is 0 Å². The Bertz CT molecular complexity index is 150. The van der Waals surface area contributed by atoms with Gasteiger partial charge < -0.3 is 10.0 Å². The van der Waals surface area contributed by atoms with E-state index in [4.69, 9.17) is 5.11 Å². The largest absolute Gasteiger partial charge is 0.396 e. The van der Waals surface area contributed by atoms with Crippen LogP contribution < -0.4 is 0 Å². The SMILES string of the molecule is CC(=O)N1CC(C)(CO)C1. The number of nitrogens with zero attached hydrogens (tertiary/aromatic N) is 1.